The first-order valence-electron chi connectivity index (χ1n) is 8.06. The summed E-state index contributed by atoms with van der Waals surface area (Å²) in [5.41, 5.74) is -0.216. The summed E-state index contributed by atoms with van der Waals surface area (Å²) in [6.45, 7) is 5.97. The summed E-state index contributed by atoms with van der Waals surface area (Å²) >= 11 is 0. The first-order valence-corrected chi connectivity index (χ1v) is 8.06. The normalized spacial score (nSPS) is 44.2. The van der Waals surface area contributed by atoms with E-state index in [0.29, 0.717) is 18.1 Å². The number of nitrogens with zero attached hydrogens (tertiary/aromatic N) is 2. The van der Waals surface area contributed by atoms with Gasteiger partial charge in [-0.25, -0.2) is 0 Å². The molecule has 0 aromatic heterocycles. The molecule has 0 bridgehead atoms. The van der Waals surface area contributed by atoms with E-state index >= 15 is 0 Å². The van der Waals surface area contributed by atoms with Crippen LogP contribution in [-0.4, -0.2) is 35.1 Å². The summed E-state index contributed by atoms with van der Waals surface area (Å²) in [7, 11) is 0. The Morgan fingerprint density at radius 2 is 1.95 bits per heavy atom. The Hall–Kier alpha value is -0.590. The van der Waals surface area contributed by atoms with E-state index in [1.807, 2.05) is 0 Å². The quantitative estimate of drug-likeness (QED) is 0.849. The van der Waals surface area contributed by atoms with Crippen molar-refractivity contribution < 1.29 is 0 Å². The van der Waals surface area contributed by atoms with Gasteiger partial charge in [0.1, 0.15) is 5.54 Å². The minimum atomic E-state index is -0.216. The van der Waals surface area contributed by atoms with E-state index in [9.17, 15) is 5.26 Å². The van der Waals surface area contributed by atoms with Gasteiger partial charge < -0.3 is 0 Å². The molecule has 1 N–H and O–H groups in total. The minimum Gasteiger partial charge on any atom is -0.297 e. The maximum atomic E-state index is 9.60. The molecule has 0 amide bonds. The van der Waals surface area contributed by atoms with E-state index in [2.05, 4.69) is 30.1 Å². The van der Waals surface area contributed by atoms with Crippen LogP contribution in [-0.2, 0) is 0 Å². The Balaban J connectivity index is 1.65. The van der Waals surface area contributed by atoms with Crippen LogP contribution in [0.15, 0.2) is 0 Å². The van der Waals surface area contributed by atoms with Crippen LogP contribution in [0, 0.1) is 17.2 Å². The third-order valence-electron chi connectivity index (χ3n) is 5.40. The molecule has 106 valence electrons. The van der Waals surface area contributed by atoms with E-state index in [0.717, 1.165) is 18.8 Å². The predicted molar refractivity (Wildman–Crippen MR) is 76.7 cm³/mol. The van der Waals surface area contributed by atoms with Crippen molar-refractivity contribution in [1.82, 2.24) is 10.2 Å². The molecule has 0 aromatic rings. The van der Waals surface area contributed by atoms with Gasteiger partial charge >= 0.3 is 0 Å². The van der Waals surface area contributed by atoms with E-state index in [1.54, 1.807) is 0 Å². The number of nitrogens with one attached hydrogen (secondary N) is 1. The monoisotopic (exact) mass is 261 g/mol. The lowest BCUT2D eigenvalue weighted by molar-refractivity contribution is 0.0767. The fraction of sp³-hybridized carbons (Fsp3) is 0.938. The van der Waals surface area contributed by atoms with Crippen molar-refractivity contribution in [2.45, 2.75) is 82.5 Å². The number of hydrogen-bond acceptors (Lipinski definition) is 3. The Morgan fingerprint density at radius 3 is 2.63 bits per heavy atom. The Kier molecular flexibility index (Phi) is 3.57. The molecule has 4 atom stereocenters. The lowest BCUT2D eigenvalue weighted by Crippen LogP contribution is -2.49. The first kappa shape index (κ1) is 13.4. The van der Waals surface area contributed by atoms with Crippen molar-refractivity contribution in [3.05, 3.63) is 0 Å². The minimum absolute atomic E-state index is 0.216. The average molecular weight is 261 g/mol. The molecule has 3 aliphatic rings. The van der Waals surface area contributed by atoms with E-state index in [4.69, 9.17) is 0 Å². The molecule has 1 heterocycles. The van der Waals surface area contributed by atoms with Crippen LogP contribution in [0.3, 0.4) is 0 Å². The molecule has 0 spiro atoms. The SMILES string of the molecule is CC1CCC(C)N(C2CCC(C#N)(NC3CC3)C2)C1. The summed E-state index contributed by atoms with van der Waals surface area (Å²) in [5, 5.41) is 13.2. The predicted octanol–water partition coefficient (Wildman–Crippen LogP) is 2.67. The third kappa shape index (κ3) is 2.80. The van der Waals surface area contributed by atoms with Gasteiger partial charge in [0, 0.05) is 24.7 Å². The molecule has 3 fully saturated rings. The molecule has 3 heteroatoms. The Bertz CT molecular complexity index is 371. The lowest BCUT2D eigenvalue weighted by atomic mass is 9.92. The second-order valence-corrected chi connectivity index (χ2v) is 7.24. The molecule has 2 aliphatic carbocycles. The molecule has 4 unspecified atom stereocenters. The summed E-state index contributed by atoms with van der Waals surface area (Å²) in [6, 6.07) is 4.57. The zero-order chi connectivity index (χ0) is 13.5. The molecular formula is C16H27N3. The molecule has 19 heavy (non-hydrogen) atoms. The van der Waals surface area contributed by atoms with Gasteiger partial charge in [-0.3, -0.25) is 10.2 Å². The van der Waals surface area contributed by atoms with Gasteiger partial charge in [-0.05, 0) is 57.8 Å². The number of hydrogen-bond donors (Lipinski definition) is 1. The van der Waals surface area contributed by atoms with Gasteiger partial charge in [0.05, 0.1) is 6.07 Å². The zero-order valence-electron chi connectivity index (χ0n) is 12.4. The average Bonchev–Trinajstić information content (AvgIpc) is 3.11. The second-order valence-electron chi connectivity index (χ2n) is 7.24. The van der Waals surface area contributed by atoms with Gasteiger partial charge in [0.15, 0.2) is 0 Å². The smallest absolute Gasteiger partial charge is 0.108 e. The van der Waals surface area contributed by atoms with Crippen molar-refractivity contribution in [3.63, 3.8) is 0 Å². The fourth-order valence-corrected chi connectivity index (χ4v) is 4.02. The fourth-order valence-electron chi connectivity index (χ4n) is 4.02. The Morgan fingerprint density at radius 1 is 1.16 bits per heavy atom. The van der Waals surface area contributed by atoms with Crippen molar-refractivity contribution in [1.29, 1.82) is 5.26 Å². The molecular weight excluding hydrogens is 234 g/mol. The largest absolute Gasteiger partial charge is 0.297 e. The highest BCUT2D eigenvalue weighted by atomic mass is 15.2. The first-order chi connectivity index (χ1) is 9.12. The highest BCUT2D eigenvalue weighted by Gasteiger charge is 2.45. The number of piperidine rings is 1. The van der Waals surface area contributed by atoms with Crippen LogP contribution in [0.2, 0.25) is 0 Å². The van der Waals surface area contributed by atoms with Gasteiger partial charge in [0.2, 0.25) is 0 Å². The standard InChI is InChI=1S/C16H27N3/c1-12-3-4-13(2)19(10-12)15-7-8-16(9-15,11-17)18-14-5-6-14/h12-15,18H,3-10H2,1-2H3. The van der Waals surface area contributed by atoms with Gasteiger partial charge in [-0.15, -0.1) is 0 Å². The zero-order valence-corrected chi connectivity index (χ0v) is 12.4. The van der Waals surface area contributed by atoms with Crippen molar-refractivity contribution >= 4 is 0 Å². The summed E-state index contributed by atoms with van der Waals surface area (Å²) in [5.74, 6) is 0.824. The van der Waals surface area contributed by atoms with Crippen molar-refractivity contribution in [3.8, 4) is 6.07 Å². The van der Waals surface area contributed by atoms with Gasteiger partial charge in [-0.1, -0.05) is 6.92 Å². The van der Waals surface area contributed by atoms with Gasteiger partial charge in [-0.2, -0.15) is 5.26 Å². The highest BCUT2D eigenvalue weighted by molar-refractivity contribution is 5.15. The van der Waals surface area contributed by atoms with E-state index in [-0.39, 0.29) is 5.54 Å². The number of rotatable bonds is 3. The topological polar surface area (TPSA) is 39.1 Å². The molecule has 3 nitrogen and oxygen atoms in total. The molecule has 1 aliphatic heterocycles. The van der Waals surface area contributed by atoms with Crippen molar-refractivity contribution in [2.24, 2.45) is 5.92 Å². The lowest BCUT2D eigenvalue weighted by Gasteiger charge is -2.41. The van der Waals surface area contributed by atoms with Crippen molar-refractivity contribution in [2.75, 3.05) is 6.54 Å². The van der Waals surface area contributed by atoms with Crippen LogP contribution in [0.25, 0.3) is 0 Å². The van der Waals surface area contributed by atoms with E-state index in [1.165, 1.54) is 38.6 Å². The summed E-state index contributed by atoms with van der Waals surface area (Å²) < 4.78 is 0. The van der Waals surface area contributed by atoms with Crippen LogP contribution in [0.1, 0.15) is 58.8 Å². The maximum absolute atomic E-state index is 9.60. The summed E-state index contributed by atoms with van der Waals surface area (Å²) in [6.07, 6.45) is 8.52. The van der Waals surface area contributed by atoms with Crippen LogP contribution < -0.4 is 5.32 Å². The molecule has 0 radical (unpaired) electrons. The van der Waals surface area contributed by atoms with E-state index < -0.39 is 0 Å². The highest BCUT2D eigenvalue weighted by Crippen LogP contribution is 2.38. The molecule has 3 rings (SSSR count). The molecule has 0 aromatic carbocycles. The van der Waals surface area contributed by atoms with Crippen LogP contribution >= 0.6 is 0 Å². The van der Waals surface area contributed by atoms with Crippen LogP contribution in [0.5, 0.6) is 0 Å². The third-order valence-corrected chi connectivity index (χ3v) is 5.40. The maximum Gasteiger partial charge on any atom is 0.108 e. The second kappa shape index (κ2) is 5.07. The molecule has 2 saturated carbocycles. The Labute approximate surface area is 117 Å². The summed E-state index contributed by atoms with van der Waals surface area (Å²) in [4.78, 5) is 2.70. The van der Waals surface area contributed by atoms with Gasteiger partial charge in [0.25, 0.3) is 0 Å². The number of nitriles is 1. The molecule has 1 saturated heterocycles. The van der Waals surface area contributed by atoms with Crippen LogP contribution in [0.4, 0.5) is 0 Å². The number of likely N-dealkylation sites (tertiary alicyclic amines) is 1.